The third-order valence-electron chi connectivity index (χ3n) is 3.16. The van der Waals surface area contributed by atoms with Crippen LogP contribution in [0.4, 0.5) is 0 Å². The van der Waals surface area contributed by atoms with E-state index in [2.05, 4.69) is 29.5 Å². The molecular weight excluding hydrogens is 214 g/mol. The van der Waals surface area contributed by atoms with Crippen LogP contribution in [0.1, 0.15) is 23.6 Å². The van der Waals surface area contributed by atoms with Gasteiger partial charge in [0, 0.05) is 12.0 Å². The summed E-state index contributed by atoms with van der Waals surface area (Å²) >= 11 is 0. The lowest BCUT2D eigenvalue weighted by molar-refractivity contribution is -0.116. The molecule has 0 saturated carbocycles. The van der Waals surface area contributed by atoms with Crippen LogP contribution in [0.5, 0.6) is 0 Å². The zero-order chi connectivity index (χ0) is 12.4. The van der Waals surface area contributed by atoms with Gasteiger partial charge in [0.25, 0.3) is 5.91 Å². The van der Waals surface area contributed by atoms with Gasteiger partial charge in [-0.1, -0.05) is 18.2 Å². The first-order chi connectivity index (χ1) is 8.15. The monoisotopic (exact) mass is 229 g/mol. The summed E-state index contributed by atoms with van der Waals surface area (Å²) in [5.41, 5.74) is 5.44. The minimum absolute atomic E-state index is 0.132. The van der Waals surface area contributed by atoms with Crippen LogP contribution in [0.2, 0.25) is 0 Å². The molecule has 1 aromatic rings. The SMILES string of the molecule is CC1=C(C(=O)NC=NN)Cc2c(C)cccc21. The summed E-state index contributed by atoms with van der Waals surface area (Å²) in [6.45, 7) is 4.04. The summed E-state index contributed by atoms with van der Waals surface area (Å²) in [6.07, 6.45) is 1.89. The number of aryl methyl sites for hydroxylation is 1. The third kappa shape index (κ3) is 1.93. The van der Waals surface area contributed by atoms with E-state index in [1.165, 1.54) is 23.0 Å². The van der Waals surface area contributed by atoms with E-state index >= 15 is 0 Å². The quantitative estimate of drug-likeness (QED) is 0.348. The first kappa shape index (κ1) is 11.4. The number of amides is 1. The van der Waals surface area contributed by atoms with Crippen molar-refractivity contribution in [3.8, 4) is 0 Å². The molecule has 1 aromatic carbocycles. The Labute approximate surface area is 100 Å². The van der Waals surface area contributed by atoms with Crippen LogP contribution in [-0.2, 0) is 11.2 Å². The Morgan fingerprint density at radius 3 is 2.88 bits per heavy atom. The maximum absolute atomic E-state index is 11.9. The van der Waals surface area contributed by atoms with Gasteiger partial charge in [-0.2, -0.15) is 5.10 Å². The molecule has 4 nitrogen and oxygen atoms in total. The smallest absolute Gasteiger partial charge is 0.252 e. The lowest BCUT2D eigenvalue weighted by Crippen LogP contribution is -2.24. The zero-order valence-electron chi connectivity index (χ0n) is 9.95. The fraction of sp³-hybridized carbons (Fsp3) is 0.231. The predicted octanol–water partition coefficient (Wildman–Crippen LogP) is 1.34. The molecule has 0 bridgehead atoms. The number of carbonyl (C=O) groups excluding carboxylic acids is 1. The van der Waals surface area contributed by atoms with Gasteiger partial charge in [0.15, 0.2) is 0 Å². The van der Waals surface area contributed by atoms with Gasteiger partial charge in [-0.15, -0.1) is 0 Å². The molecule has 0 unspecified atom stereocenters. The van der Waals surface area contributed by atoms with E-state index in [9.17, 15) is 4.79 Å². The number of benzene rings is 1. The van der Waals surface area contributed by atoms with Crippen molar-refractivity contribution in [2.75, 3.05) is 0 Å². The van der Waals surface area contributed by atoms with Gasteiger partial charge in [-0.3, -0.25) is 4.79 Å². The van der Waals surface area contributed by atoms with Gasteiger partial charge in [-0.25, -0.2) is 0 Å². The van der Waals surface area contributed by atoms with Crippen molar-refractivity contribution in [3.05, 3.63) is 40.5 Å². The van der Waals surface area contributed by atoms with Crippen molar-refractivity contribution in [1.82, 2.24) is 5.32 Å². The molecule has 2 rings (SSSR count). The number of rotatable bonds is 2. The second kappa shape index (κ2) is 4.41. The number of allylic oxidation sites excluding steroid dienone is 1. The molecule has 1 aliphatic rings. The van der Waals surface area contributed by atoms with Crippen molar-refractivity contribution in [2.45, 2.75) is 20.3 Å². The molecule has 0 spiro atoms. The molecule has 88 valence electrons. The second-order valence-corrected chi connectivity index (χ2v) is 4.13. The highest BCUT2D eigenvalue weighted by atomic mass is 16.1. The summed E-state index contributed by atoms with van der Waals surface area (Å²) in [5.74, 6) is 4.82. The van der Waals surface area contributed by atoms with Gasteiger partial charge >= 0.3 is 0 Å². The molecule has 0 aliphatic heterocycles. The van der Waals surface area contributed by atoms with Crippen LogP contribution < -0.4 is 11.2 Å². The second-order valence-electron chi connectivity index (χ2n) is 4.13. The number of nitrogens with one attached hydrogen (secondary N) is 1. The van der Waals surface area contributed by atoms with Gasteiger partial charge in [-0.05, 0) is 36.1 Å². The topological polar surface area (TPSA) is 67.5 Å². The van der Waals surface area contributed by atoms with Crippen LogP contribution in [0.25, 0.3) is 5.57 Å². The van der Waals surface area contributed by atoms with Gasteiger partial charge < -0.3 is 11.2 Å². The lowest BCUT2D eigenvalue weighted by Gasteiger charge is -2.03. The van der Waals surface area contributed by atoms with E-state index in [1.54, 1.807) is 0 Å². The van der Waals surface area contributed by atoms with Crippen molar-refractivity contribution in [1.29, 1.82) is 0 Å². The van der Waals surface area contributed by atoms with Crippen LogP contribution in [0.15, 0.2) is 28.9 Å². The predicted molar refractivity (Wildman–Crippen MR) is 68.3 cm³/mol. The van der Waals surface area contributed by atoms with E-state index < -0.39 is 0 Å². The number of nitrogens with two attached hydrogens (primary N) is 1. The van der Waals surface area contributed by atoms with Gasteiger partial charge in [0.05, 0.1) is 0 Å². The highest BCUT2D eigenvalue weighted by Crippen LogP contribution is 2.34. The summed E-state index contributed by atoms with van der Waals surface area (Å²) in [7, 11) is 0. The maximum Gasteiger partial charge on any atom is 0.252 e. The fourth-order valence-corrected chi connectivity index (χ4v) is 2.19. The van der Waals surface area contributed by atoms with Crippen molar-refractivity contribution >= 4 is 17.8 Å². The lowest BCUT2D eigenvalue weighted by atomic mass is 10.0. The standard InChI is InChI=1S/C13H15N3O/c1-8-4-3-5-10-9(2)12(6-11(8)10)13(17)15-7-16-14/h3-5,7H,6,14H2,1-2H3,(H,15,16,17). The number of carbonyl (C=O) groups is 1. The fourth-order valence-electron chi connectivity index (χ4n) is 2.19. The van der Waals surface area contributed by atoms with Crippen LogP contribution >= 0.6 is 0 Å². The average molecular weight is 229 g/mol. The minimum atomic E-state index is -0.132. The van der Waals surface area contributed by atoms with E-state index in [0.29, 0.717) is 6.42 Å². The first-order valence-electron chi connectivity index (χ1n) is 5.46. The Hall–Kier alpha value is -2.10. The first-order valence-corrected chi connectivity index (χ1v) is 5.46. The molecule has 1 aliphatic carbocycles. The summed E-state index contributed by atoms with van der Waals surface area (Å²) in [4.78, 5) is 11.9. The van der Waals surface area contributed by atoms with Crippen molar-refractivity contribution in [2.24, 2.45) is 10.9 Å². The Bertz CT molecular complexity index is 529. The van der Waals surface area contributed by atoms with Crippen molar-refractivity contribution < 1.29 is 4.79 Å². The average Bonchev–Trinajstić information content (AvgIpc) is 2.66. The van der Waals surface area contributed by atoms with E-state index in [0.717, 1.165) is 11.1 Å². The van der Waals surface area contributed by atoms with Crippen LogP contribution in [0, 0.1) is 6.92 Å². The summed E-state index contributed by atoms with van der Waals surface area (Å²) < 4.78 is 0. The number of hydrogen-bond donors (Lipinski definition) is 2. The minimum Gasteiger partial charge on any atom is -0.322 e. The van der Waals surface area contributed by atoms with E-state index in [1.807, 2.05) is 13.0 Å². The Morgan fingerprint density at radius 2 is 2.24 bits per heavy atom. The molecule has 0 aromatic heterocycles. The molecule has 0 radical (unpaired) electrons. The summed E-state index contributed by atoms with van der Waals surface area (Å²) in [6, 6.07) is 6.13. The molecule has 0 heterocycles. The molecule has 0 fully saturated rings. The molecule has 1 amide bonds. The van der Waals surface area contributed by atoms with Crippen LogP contribution in [-0.4, -0.2) is 12.2 Å². The van der Waals surface area contributed by atoms with Crippen LogP contribution in [0.3, 0.4) is 0 Å². The van der Waals surface area contributed by atoms with E-state index in [4.69, 9.17) is 5.84 Å². The van der Waals surface area contributed by atoms with Crippen molar-refractivity contribution in [3.63, 3.8) is 0 Å². The molecule has 3 N–H and O–H groups in total. The Balaban J connectivity index is 2.33. The van der Waals surface area contributed by atoms with Gasteiger partial charge in [0.2, 0.25) is 0 Å². The molecule has 17 heavy (non-hydrogen) atoms. The van der Waals surface area contributed by atoms with E-state index in [-0.39, 0.29) is 5.91 Å². The Kier molecular flexibility index (Phi) is 2.95. The Morgan fingerprint density at radius 1 is 1.47 bits per heavy atom. The largest absolute Gasteiger partial charge is 0.322 e. The molecule has 0 saturated heterocycles. The number of nitrogens with zero attached hydrogens (tertiary/aromatic N) is 1. The maximum atomic E-state index is 11.9. The number of hydrogen-bond acceptors (Lipinski definition) is 3. The number of hydrazone groups is 1. The number of fused-ring (bicyclic) bond motifs is 1. The molecule has 0 atom stereocenters. The molecular formula is C13H15N3O. The highest BCUT2D eigenvalue weighted by molar-refractivity contribution is 6.07. The van der Waals surface area contributed by atoms with Gasteiger partial charge in [0.1, 0.15) is 6.34 Å². The molecule has 4 heteroatoms. The normalized spacial score (nSPS) is 14.2. The third-order valence-corrected chi connectivity index (χ3v) is 3.16. The zero-order valence-corrected chi connectivity index (χ0v) is 9.95. The highest BCUT2D eigenvalue weighted by Gasteiger charge is 2.23. The summed E-state index contributed by atoms with van der Waals surface area (Å²) in [5, 5.41) is 5.80.